The normalized spacial score (nSPS) is 10.5. The van der Waals surface area contributed by atoms with Crippen LogP contribution in [0.25, 0.3) is 0 Å². The fourth-order valence-corrected chi connectivity index (χ4v) is 3.03. The Morgan fingerprint density at radius 3 is 2.39 bits per heavy atom. The summed E-state index contributed by atoms with van der Waals surface area (Å²) < 4.78 is 1.72. The summed E-state index contributed by atoms with van der Waals surface area (Å²) in [5.74, 6) is -0.471. The summed E-state index contributed by atoms with van der Waals surface area (Å²) in [6.45, 7) is 4.44. The molecule has 1 aromatic heterocycles. The zero-order chi connectivity index (χ0) is 20.1. The van der Waals surface area contributed by atoms with E-state index in [1.54, 1.807) is 17.9 Å². The molecule has 0 aliphatic carbocycles. The molecule has 1 N–H and O–H groups in total. The molecule has 3 aromatic rings. The molecule has 0 saturated heterocycles. The largest absolute Gasteiger partial charge is 0.332 e. The third-order valence-corrected chi connectivity index (χ3v) is 4.54. The number of hydrogen-bond donors (Lipinski definition) is 1. The fourth-order valence-electron chi connectivity index (χ4n) is 3.03. The summed E-state index contributed by atoms with van der Waals surface area (Å²) in [4.78, 5) is 26.4. The van der Waals surface area contributed by atoms with Gasteiger partial charge < -0.3 is 10.2 Å². The summed E-state index contributed by atoms with van der Waals surface area (Å²) in [6, 6.07) is 15.7. The number of carbonyl (C=O) groups excluding carboxylic acids is 2. The predicted molar refractivity (Wildman–Crippen MR) is 109 cm³/mol. The number of likely N-dealkylation sites (N-methyl/N-ethyl adjacent to an activating group) is 1. The zero-order valence-electron chi connectivity index (χ0n) is 16.3. The number of nitrogens with zero attached hydrogens (tertiary/aromatic N) is 3. The van der Waals surface area contributed by atoms with Gasteiger partial charge in [-0.25, -0.2) is 0 Å². The Morgan fingerprint density at radius 2 is 1.71 bits per heavy atom. The van der Waals surface area contributed by atoms with Gasteiger partial charge in [0.2, 0.25) is 5.91 Å². The van der Waals surface area contributed by atoms with Crippen LogP contribution in [-0.2, 0) is 11.3 Å². The van der Waals surface area contributed by atoms with E-state index in [1.807, 2.05) is 62.4 Å². The Kier molecular flexibility index (Phi) is 5.89. The van der Waals surface area contributed by atoms with Gasteiger partial charge in [0.05, 0.1) is 24.8 Å². The van der Waals surface area contributed by atoms with E-state index in [-0.39, 0.29) is 18.4 Å². The summed E-state index contributed by atoms with van der Waals surface area (Å²) in [5, 5.41) is 7.15. The minimum absolute atomic E-state index is 0.0313. The molecule has 28 heavy (non-hydrogen) atoms. The van der Waals surface area contributed by atoms with Crippen LogP contribution >= 0.6 is 0 Å². The van der Waals surface area contributed by atoms with Crippen molar-refractivity contribution in [3.05, 3.63) is 83.2 Å². The van der Waals surface area contributed by atoms with Crippen LogP contribution in [0.2, 0.25) is 0 Å². The first-order valence-corrected chi connectivity index (χ1v) is 9.12. The molecule has 6 heteroatoms. The molecule has 2 aromatic carbocycles. The van der Waals surface area contributed by atoms with Crippen molar-refractivity contribution in [1.82, 2.24) is 14.7 Å². The summed E-state index contributed by atoms with van der Waals surface area (Å²) in [6.07, 6.45) is 3.24. The van der Waals surface area contributed by atoms with Crippen molar-refractivity contribution in [2.24, 2.45) is 0 Å². The Morgan fingerprint density at radius 1 is 1.04 bits per heavy atom. The van der Waals surface area contributed by atoms with E-state index in [2.05, 4.69) is 10.4 Å². The van der Waals surface area contributed by atoms with Gasteiger partial charge in [-0.15, -0.1) is 0 Å². The Balaban J connectivity index is 1.60. The molecule has 0 saturated carbocycles. The van der Waals surface area contributed by atoms with Gasteiger partial charge in [-0.1, -0.05) is 48.5 Å². The predicted octanol–water partition coefficient (Wildman–Crippen LogP) is 3.26. The van der Waals surface area contributed by atoms with Crippen molar-refractivity contribution >= 4 is 17.5 Å². The quantitative estimate of drug-likeness (QED) is 0.718. The van der Waals surface area contributed by atoms with Crippen LogP contribution in [0.5, 0.6) is 0 Å². The first kappa shape index (κ1) is 19.4. The van der Waals surface area contributed by atoms with E-state index < -0.39 is 0 Å². The third-order valence-electron chi connectivity index (χ3n) is 4.54. The molecule has 0 fully saturated rings. The number of carbonyl (C=O) groups is 2. The lowest BCUT2D eigenvalue weighted by molar-refractivity contribution is -0.116. The van der Waals surface area contributed by atoms with Crippen molar-refractivity contribution in [3.8, 4) is 0 Å². The van der Waals surface area contributed by atoms with E-state index >= 15 is 0 Å². The number of aryl methyl sites for hydroxylation is 2. The maximum Gasteiger partial charge on any atom is 0.257 e. The van der Waals surface area contributed by atoms with E-state index in [4.69, 9.17) is 0 Å². The number of para-hydroxylation sites is 1. The highest BCUT2D eigenvalue weighted by molar-refractivity contribution is 5.99. The molecule has 0 aliphatic rings. The van der Waals surface area contributed by atoms with Crippen molar-refractivity contribution < 1.29 is 9.59 Å². The zero-order valence-corrected chi connectivity index (χ0v) is 16.3. The minimum Gasteiger partial charge on any atom is -0.332 e. The van der Waals surface area contributed by atoms with Crippen molar-refractivity contribution in [2.45, 2.75) is 20.4 Å². The fraction of sp³-hybridized carbons (Fsp3) is 0.227. The highest BCUT2D eigenvalue weighted by Gasteiger charge is 2.17. The molecule has 0 radical (unpaired) electrons. The second kappa shape index (κ2) is 8.52. The monoisotopic (exact) mass is 376 g/mol. The first-order valence-electron chi connectivity index (χ1n) is 9.12. The molecule has 0 spiro atoms. The maximum atomic E-state index is 12.6. The first-order chi connectivity index (χ1) is 13.4. The molecule has 3 rings (SSSR count). The molecule has 0 atom stereocenters. The summed E-state index contributed by atoms with van der Waals surface area (Å²) in [5.41, 5.74) is 4.34. The second-order valence-electron chi connectivity index (χ2n) is 6.89. The number of rotatable bonds is 6. The average Bonchev–Trinajstić information content (AvgIpc) is 3.13. The molecule has 0 aliphatic heterocycles. The lowest BCUT2D eigenvalue weighted by Crippen LogP contribution is -2.35. The van der Waals surface area contributed by atoms with Crippen molar-refractivity contribution in [2.75, 3.05) is 18.9 Å². The number of nitrogens with one attached hydrogen (secondary N) is 1. The number of benzene rings is 2. The van der Waals surface area contributed by atoms with Crippen molar-refractivity contribution in [1.29, 1.82) is 0 Å². The number of anilines is 1. The highest BCUT2D eigenvalue weighted by atomic mass is 16.2. The topological polar surface area (TPSA) is 67.2 Å². The van der Waals surface area contributed by atoms with Crippen LogP contribution < -0.4 is 5.32 Å². The number of amides is 2. The Bertz CT molecular complexity index is 959. The minimum atomic E-state index is -0.240. The van der Waals surface area contributed by atoms with Gasteiger partial charge in [-0.05, 0) is 30.5 Å². The van der Waals surface area contributed by atoms with Gasteiger partial charge in [0.25, 0.3) is 5.91 Å². The highest BCUT2D eigenvalue weighted by Crippen LogP contribution is 2.19. The van der Waals surface area contributed by atoms with Gasteiger partial charge in [0.15, 0.2) is 0 Å². The van der Waals surface area contributed by atoms with Gasteiger partial charge in [0, 0.05) is 18.9 Å². The van der Waals surface area contributed by atoms with E-state index in [0.717, 1.165) is 22.4 Å². The van der Waals surface area contributed by atoms with E-state index in [9.17, 15) is 9.59 Å². The second-order valence-corrected chi connectivity index (χ2v) is 6.89. The van der Waals surface area contributed by atoms with Crippen LogP contribution in [0, 0.1) is 13.8 Å². The van der Waals surface area contributed by atoms with E-state index in [1.165, 1.54) is 11.1 Å². The smallest absolute Gasteiger partial charge is 0.257 e. The standard InChI is InChI=1S/C22H24N4O2/c1-16-8-7-9-17(2)21(16)24-20(27)15-25(3)22(28)19-12-23-26(14-19)13-18-10-5-4-6-11-18/h4-12,14H,13,15H2,1-3H3,(H,24,27). The van der Waals surface area contributed by atoms with Crippen LogP contribution in [0.1, 0.15) is 27.0 Å². The van der Waals surface area contributed by atoms with Crippen LogP contribution in [0.15, 0.2) is 60.9 Å². The lowest BCUT2D eigenvalue weighted by atomic mass is 10.1. The molecule has 2 amide bonds. The van der Waals surface area contributed by atoms with Crippen LogP contribution in [0.3, 0.4) is 0 Å². The number of hydrogen-bond acceptors (Lipinski definition) is 3. The molecule has 144 valence electrons. The SMILES string of the molecule is Cc1cccc(C)c1NC(=O)CN(C)C(=O)c1cnn(Cc2ccccc2)c1. The molecule has 0 bridgehead atoms. The molecule has 1 heterocycles. The number of aromatic nitrogens is 2. The summed E-state index contributed by atoms with van der Waals surface area (Å²) in [7, 11) is 1.61. The van der Waals surface area contributed by atoms with E-state index in [0.29, 0.717) is 12.1 Å². The summed E-state index contributed by atoms with van der Waals surface area (Å²) >= 11 is 0. The van der Waals surface area contributed by atoms with Gasteiger partial charge >= 0.3 is 0 Å². The Labute approximate surface area is 164 Å². The van der Waals surface area contributed by atoms with Crippen LogP contribution in [0.4, 0.5) is 5.69 Å². The molecule has 6 nitrogen and oxygen atoms in total. The average molecular weight is 376 g/mol. The third kappa shape index (κ3) is 4.65. The molecule has 0 unspecified atom stereocenters. The molecular weight excluding hydrogens is 352 g/mol. The van der Waals surface area contributed by atoms with Gasteiger partial charge in [-0.2, -0.15) is 5.10 Å². The van der Waals surface area contributed by atoms with Crippen LogP contribution in [-0.4, -0.2) is 40.1 Å². The maximum absolute atomic E-state index is 12.6. The van der Waals surface area contributed by atoms with Crippen molar-refractivity contribution in [3.63, 3.8) is 0 Å². The van der Waals surface area contributed by atoms with Gasteiger partial charge in [-0.3, -0.25) is 14.3 Å². The lowest BCUT2D eigenvalue weighted by Gasteiger charge is -2.17. The Hall–Kier alpha value is -3.41. The van der Waals surface area contributed by atoms with Gasteiger partial charge in [0.1, 0.15) is 0 Å². The molecular formula is C22H24N4O2.